The number of thiophene rings is 1. The summed E-state index contributed by atoms with van der Waals surface area (Å²) < 4.78 is 14.3. The standard InChI is InChI=1S/C16H17FN2OS/c1-10-6-12(18)7-14(15(10)17)16(20)19(13-2-3-13)8-11-4-5-21-9-11/h4-7,9,13H,2-3,8,18H2,1H3. The first kappa shape index (κ1) is 14.1. The number of amides is 1. The maximum atomic E-state index is 14.3. The lowest BCUT2D eigenvalue weighted by molar-refractivity contribution is 0.0725. The molecule has 0 radical (unpaired) electrons. The van der Waals surface area contributed by atoms with Gasteiger partial charge in [-0.25, -0.2) is 4.39 Å². The smallest absolute Gasteiger partial charge is 0.257 e. The van der Waals surface area contributed by atoms with Gasteiger partial charge in [0.15, 0.2) is 0 Å². The largest absolute Gasteiger partial charge is 0.399 e. The van der Waals surface area contributed by atoms with Crippen molar-refractivity contribution in [3.63, 3.8) is 0 Å². The number of benzene rings is 1. The Labute approximate surface area is 127 Å². The molecule has 3 rings (SSSR count). The van der Waals surface area contributed by atoms with Crippen molar-refractivity contribution in [2.75, 3.05) is 5.73 Å². The van der Waals surface area contributed by atoms with Crippen molar-refractivity contribution in [3.05, 3.63) is 51.5 Å². The molecule has 5 heteroatoms. The summed E-state index contributed by atoms with van der Waals surface area (Å²) in [5.74, 6) is -0.734. The minimum atomic E-state index is -0.467. The average Bonchev–Trinajstić information content (AvgIpc) is 3.16. The molecule has 1 aromatic carbocycles. The predicted octanol–water partition coefficient (Wildman–Crippen LogP) is 3.58. The van der Waals surface area contributed by atoms with Crippen molar-refractivity contribution in [1.29, 1.82) is 0 Å². The van der Waals surface area contributed by atoms with Crippen LogP contribution >= 0.6 is 11.3 Å². The highest BCUT2D eigenvalue weighted by Crippen LogP contribution is 2.31. The monoisotopic (exact) mass is 304 g/mol. The number of carbonyl (C=O) groups is 1. The SMILES string of the molecule is Cc1cc(N)cc(C(=O)N(Cc2ccsc2)C2CC2)c1F. The maximum Gasteiger partial charge on any atom is 0.257 e. The highest BCUT2D eigenvalue weighted by Gasteiger charge is 2.34. The molecule has 1 saturated carbocycles. The van der Waals surface area contributed by atoms with Crippen molar-refractivity contribution in [2.24, 2.45) is 0 Å². The number of nitrogens with zero attached hydrogens (tertiary/aromatic N) is 1. The van der Waals surface area contributed by atoms with Gasteiger partial charge in [0, 0.05) is 18.3 Å². The average molecular weight is 304 g/mol. The van der Waals surface area contributed by atoms with Crippen LogP contribution in [0.1, 0.15) is 34.3 Å². The van der Waals surface area contributed by atoms with Crippen LogP contribution in [0, 0.1) is 12.7 Å². The number of halogens is 1. The van der Waals surface area contributed by atoms with E-state index in [9.17, 15) is 9.18 Å². The zero-order chi connectivity index (χ0) is 15.0. The van der Waals surface area contributed by atoms with Crippen molar-refractivity contribution in [3.8, 4) is 0 Å². The van der Waals surface area contributed by atoms with E-state index in [0.717, 1.165) is 18.4 Å². The fourth-order valence-corrected chi connectivity index (χ4v) is 3.10. The number of nitrogen functional groups attached to an aromatic ring is 1. The van der Waals surface area contributed by atoms with E-state index in [2.05, 4.69) is 0 Å². The molecule has 0 atom stereocenters. The predicted molar refractivity (Wildman–Crippen MR) is 82.8 cm³/mol. The minimum absolute atomic E-state index is 0.0784. The van der Waals surface area contributed by atoms with E-state index in [1.807, 2.05) is 16.8 Å². The van der Waals surface area contributed by atoms with Crippen LogP contribution in [0.5, 0.6) is 0 Å². The van der Waals surface area contributed by atoms with E-state index < -0.39 is 5.82 Å². The third kappa shape index (κ3) is 2.93. The second-order valence-corrected chi connectivity index (χ2v) is 6.28. The molecule has 1 aliphatic carbocycles. The fraction of sp³-hybridized carbons (Fsp3) is 0.312. The van der Waals surface area contributed by atoms with Gasteiger partial charge < -0.3 is 10.6 Å². The quantitative estimate of drug-likeness (QED) is 0.878. The number of carbonyl (C=O) groups excluding carboxylic acids is 1. The molecule has 0 saturated heterocycles. The van der Waals surface area contributed by atoms with Gasteiger partial charge in [0.2, 0.25) is 0 Å². The molecule has 1 aliphatic rings. The molecule has 0 aliphatic heterocycles. The Balaban J connectivity index is 1.91. The summed E-state index contributed by atoms with van der Waals surface area (Å²) in [6.07, 6.45) is 1.97. The Morgan fingerprint density at radius 2 is 2.24 bits per heavy atom. The zero-order valence-electron chi connectivity index (χ0n) is 11.8. The van der Waals surface area contributed by atoms with Crippen LogP contribution in [0.15, 0.2) is 29.0 Å². The summed E-state index contributed by atoms with van der Waals surface area (Å²) >= 11 is 1.60. The summed E-state index contributed by atoms with van der Waals surface area (Å²) in [6, 6.07) is 5.20. The van der Waals surface area contributed by atoms with Gasteiger partial charge in [-0.1, -0.05) is 0 Å². The van der Waals surface area contributed by atoms with Crippen molar-refractivity contribution >= 4 is 22.9 Å². The molecule has 3 nitrogen and oxygen atoms in total. The van der Waals surface area contributed by atoms with Gasteiger partial charge in [-0.15, -0.1) is 0 Å². The molecule has 1 fully saturated rings. The zero-order valence-corrected chi connectivity index (χ0v) is 12.6. The lowest BCUT2D eigenvalue weighted by Crippen LogP contribution is -2.33. The lowest BCUT2D eigenvalue weighted by Gasteiger charge is -2.23. The molecule has 2 N–H and O–H groups in total. The van der Waals surface area contributed by atoms with Gasteiger partial charge in [-0.3, -0.25) is 4.79 Å². The fourth-order valence-electron chi connectivity index (χ4n) is 2.44. The Morgan fingerprint density at radius 1 is 1.48 bits per heavy atom. The summed E-state index contributed by atoms with van der Waals surface area (Å²) in [5.41, 5.74) is 7.75. The van der Waals surface area contributed by atoms with Gasteiger partial charge >= 0.3 is 0 Å². The summed E-state index contributed by atoms with van der Waals surface area (Å²) in [5, 5.41) is 4.00. The third-order valence-electron chi connectivity index (χ3n) is 3.69. The summed E-state index contributed by atoms with van der Waals surface area (Å²) in [6.45, 7) is 2.16. The summed E-state index contributed by atoms with van der Waals surface area (Å²) in [4.78, 5) is 14.5. The van der Waals surface area contributed by atoms with E-state index in [4.69, 9.17) is 5.73 Å². The van der Waals surface area contributed by atoms with Crippen LogP contribution in [-0.2, 0) is 6.54 Å². The highest BCUT2D eigenvalue weighted by molar-refractivity contribution is 7.07. The Bertz CT molecular complexity index is 665. The van der Waals surface area contributed by atoms with Crippen LogP contribution in [-0.4, -0.2) is 16.8 Å². The van der Waals surface area contributed by atoms with Crippen LogP contribution in [0.3, 0.4) is 0 Å². The second-order valence-electron chi connectivity index (χ2n) is 5.50. The second kappa shape index (κ2) is 5.48. The third-order valence-corrected chi connectivity index (χ3v) is 4.42. The van der Waals surface area contributed by atoms with E-state index in [1.54, 1.807) is 29.2 Å². The Morgan fingerprint density at radius 3 is 2.86 bits per heavy atom. The number of anilines is 1. The molecule has 1 heterocycles. The number of hydrogen-bond acceptors (Lipinski definition) is 3. The Kier molecular flexibility index (Phi) is 3.68. The number of rotatable bonds is 4. The van der Waals surface area contributed by atoms with Crippen LogP contribution in [0.25, 0.3) is 0 Å². The topological polar surface area (TPSA) is 46.3 Å². The van der Waals surface area contributed by atoms with Gasteiger partial charge in [0.25, 0.3) is 5.91 Å². The molecule has 110 valence electrons. The first-order valence-corrected chi connectivity index (χ1v) is 7.88. The first-order chi connectivity index (χ1) is 10.1. The maximum absolute atomic E-state index is 14.3. The molecule has 21 heavy (non-hydrogen) atoms. The summed E-state index contributed by atoms with van der Waals surface area (Å²) in [7, 11) is 0. The molecule has 0 unspecified atom stereocenters. The number of aryl methyl sites for hydroxylation is 1. The highest BCUT2D eigenvalue weighted by atomic mass is 32.1. The number of hydrogen-bond donors (Lipinski definition) is 1. The van der Waals surface area contributed by atoms with Crippen LogP contribution in [0.2, 0.25) is 0 Å². The Hall–Kier alpha value is -1.88. The lowest BCUT2D eigenvalue weighted by atomic mass is 10.1. The van der Waals surface area contributed by atoms with E-state index in [-0.39, 0.29) is 17.5 Å². The van der Waals surface area contributed by atoms with Gasteiger partial charge in [0.1, 0.15) is 5.82 Å². The first-order valence-electron chi connectivity index (χ1n) is 6.94. The van der Waals surface area contributed by atoms with Crippen LogP contribution < -0.4 is 5.73 Å². The van der Waals surface area contributed by atoms with E-state index in [1.165, 1.54) is 6.07 Å². The molecular formula is C16H17FN2OS. The van der Waals surface area contributed by atoms with Crippen molar-refractivity contribution in [2.45, 2.75) is 32.4 Å². The molecule has 2 aromatic rings. The number of nitrogens with two attached hydrogens (primary N) is 1. The molecule has 0 bridgehead atoms. The molecule has 1 amide bonds. The van der Waals surface area contributed by atoms with Crippen LogP contribution in [0.4, 0.5) is 10.1 Å². The van der Waals surface area contributed by atoms with Gasteiger partial charge in [-0.2, -0.15) is 11.3 Å². The molecule has 0 spiro atoms. The molecule has 1 aromatic heterocycles. The molecular weight excluding hydrogens is 287 g/mol. The van der Waals surface area contributed by atoms with E-state index in [0.29, 0.717) is 17.8 Å². The van der Waals surface area contributed by atoms with Crippen molar-refractivity contribution in [1.82, 2.24) is 4.90 Å². The van der Waals surface area contributed by atoms with Gasteiger partial charge in [0.05, 0.1) is 5.56 Å². The van der Waals surface area contributed by atoms with E-state index >= 15 is 0 Å². The normalized spacial score (nSPS) is 14.2. The van der Waals surface area contributed by atoms with Crippen molar-refractivity contribution < 1.29 is 9.18 Å². The van der Waals surface area contributed by atoms with Gasteiger partial charge in [-0.05, 0) is 59.9 Å². The minimum Gasteiger partial charge on any atom is -0.399 e.